The summed E-state index contributed by atoms with van der Waals surface area (Å²) in [6, 6.07) is 4.32. The smallest absolute Gasteiger partial charge is 0.267 e. The Balaban J connectivity index is 1.37. The van der Waals surface area contributed by atoms with Gasteiger partial charge in [-0.25, -0.2) is 14.8 Å². The highest BCUT2D eigenvalue weighted by Gasteiger charge is 2.30. The van der Waals surface area contributed by atoms with Gasteiger partial charge in [-0.15, -0.1) is 0 Å². The van der Waals surface area contributed by atoms with E-state index in [9.17, 15) is 5.26 Å². The van der Waals surface area contributed by atoms with Crippen molar-refractivity contribution in [3.8, 4) is 16.5 Å². The minimum Gasteiger partial charge on any atom is -0.275 e. The number of hydrogen-bond donors (Lipinski definition) is 0. The van der Waals surface area contributed by atoms with Crippen LogP contribution < -0.4 is 0 Å². The maximum absolute atomic E-state index is 9.26. The molecule has 3 aromatic heterocycles. The number of rotatable bonds is 5. The van der Waals surface area contributed by atoms with Crippen LogP contribution >= 0.6 is 11.3 Å². The number of nitriles is 1. The van der Waals surface area contributed by atoms with Crippen LogP contribution in [0.4, 0.5) is 0 Å². The van der Waals surface area contributed by atoms with Gasteiger partial charge in [0.15, 0.2) is 0 Å². The Kier molecular flexibility index (Phi) is 4.86. The van der Waals surface area contributed by atoms with Gasteiger partial charge in [-0.05, 0) is 43.4 Å². The van der Waals surface area contributed by atoms with E-state index < -0.39 is 0 Å². The summed E-state index contributed by atoms with van der Waals surface area (Å²) in [6.07, 6.45) is 9.66. The summed E-state index contributed by atoms with van der Waals surface area (Å²) in [5.41, 5.74) is 4.48. The minimum atomic E-state index is 0.198. The van der Waals surface area contributed by atoms with Gasteiger partial charge in [0.25, 0.3) is 6.71 Å². The standard InChI is InChI=1S/C22H25BN6S/c1-4-23(13-24)10-15-5-6-16(8-15)19-12-29-22(25-19)30-21(27-29)17-7-14(2)20-18(9-17)11-28(3)26-20/h7,9,11-12,15-16H,4-6,8,10H2,1-3H3/t15?,16-/m1/s1. The van der Waals surface area contributed by atoms with Crippen molar-refractivity contribution >= 4 is 33.9 Å². The molecule has 30 heavy (non-hydrogen) atoms. The molecule has 8 heteroatoms. The molecular formula is C22H25BN6S. The molecule has 0 amide bonds. The third kappa shape index (κ3) is 3.41. The molecule has 1 fully saturated rings. The lowest BCUT2D eigenvalue weighted by molar-refractivity contribution is 0.587. The van der Waals surface area contributed by atoms with Crippen molar-refractivity contribution in [2.75, 3.05) is 0 Å². The second-order valence-corrected chi connectivity index (χ2v) is 9.64. The van der Waals surface area contributed by atoms with E-state index in [2.05, 4.69) is 49.4 Å². The fourth-order valence-electron chi connectivity index (χ4n) is 4.85. The highest BCUT2D eigenvalue weighted by Crippen LogP contribution is 2.41. The van der Waals surface area contributed by atoms with E-state index in [0.29, 0.717) is 11.8 Å². The Labute approximate surface area is 180 Å². The molecule has 1 aliphatic carbocycles. The predicted molar refractivity (Wildman–Crippen MR) is 122 cm³/mol. The lowest BCUT2D eigenvalue weighted by atomic mass is 9.45. The minimum absolute atomic E-state index is 0.198. The van der Waals surface area contributed by atoms with Gasteiger partial charge >= 0.3 is 0 Å². The fourth-order valence-corrected chi connectivity index (χ4v) is 5.73. The molecule has 6 nitrogen and oxygen atoms in total. The van der Waals surface area contributed by atoms with Gasteiger partial charge in [0.05, 0.1) is 17.4 Å². The Morgan fingerprint density at radius 3 is 2.90 bits per heavy atom. The maximum Gasteiger partial charge on any atom is 0.267 e. The van der Waals surface area contributed by atoms with Gasteiger partial charge in [0.1, 0.15) is 5.01 Å². The van der Waals surface area contributed by atoms with Crippen LogP contribution in [0.2, 0.25) is 12.6 Å². The Bertz CT molecular complexity index is 1230. The van der Waals surface area contributed by atoms with Crippen molar-refractivity contribution in [2.24, 2.45) is 13.0 Å². The average Bonchev–Trinajstić information content (AvgIpc) is 3.47. The van der Waals surface area contributed by atoms with Crippen molar-refractivity contribution in [2.45, 2.75) is 51.7 Å². The van der Waals surface area contributed by atoms with Crippen LogP contribution in [-0.2, 0) is 7.05 Å². The molecule has 152 valence electrons. The second kappa shape index (κ2) is 7.55. The highest BCUT2D eigenvalue weighted by molar-refractivity contribution is 7.19. The maximum atomic E-state index is 9.26. The van der Waals surface area contributed by atoms with Crippen LogP contribution in [0.15, 0.2) is 24.5 Å². The van der Waals surface area contributed by atoms with E-state index >= 15 is 0 Å². The molecule has 4 aromatic rings. The molecule has 1 unspecified atom stereocenters. The number of fused-ring (bicyclic) bond motifs is 2. The Morgan fingerprint density at radius 2 is 2.13 bits per heavy atom. The summed E-state index contributed by atoms with van der Waals surface area (Å²) in [4.78, 5) is 5.88. The summed E-state index contributed by atoms with van der Waals surface area (Å²) in [5, 5.41) is 20.7. The first-order chi connectivity index (χ1) is 14.5. The number of imidazole rings is 1. The Hall–Kier alpha value is -2.66. The van der Waals surface area contributed by atoms with Crippen molar-refractivity contribution in [3.63, 3.8) is 0 Å². The summed E-state index contributed by atoms with van der Waals surface area (Å²) in [5.74, 6) is 3.60. The van der Waals surface area contributed by atoms with E-state index in [1.54, 1.807) is 11.3 Å². The van der Waals surface area contributed by atoms with Gasteiger partial charge in [0.2, 0.25) is 4.96 Å². The zero-order valence-corrected chi connectivity index (χ0v) is 18.5. The van der Waals surface area contributed by atoms with Crippen LogP contribution in [0, 0.1) is 24.1 Å². The van der Waals surface area contributed by atoms with Gasteiger partial charge in [0, 0.05) is 36.1 Å². The summed E-state index contributed by atoms with van der Waals surface area (Å²) in [7, 11) is 1.95. The van der Waals surface area contributed by atoms with Crippen molar-refractivity contribution in [1.82, 2.24) is 24.4 Å². The number of benzene rings is 1. The highest BCUT2D eigenvalue weighted by atomic mass is 32.1. The number of aromatic nitrogens is 5. The summed E-state index contributed by atoms with van der Waals surface area (Å²) < 4.78 is 3.80. The monoisotopic (exact) mass is 416 g/mol. The molecular weight excluding hydrogens is 391 g/mol. The molecule has 1 saturated carbocycles. The molecule has 0 N–H and O–H groups in total. The van der Waals surface area contributed by atoms with Gasteiger partial charge in [-0.3, -0.25) is 4.68 Å². The summed E-state index contributed by atoms with van der Waals surface area (Å²) >= 11 is 1.64. The van der Waals surface area contributed by atoms with E-state index in [-0.39, 0.29) is 6.71 Å². The van der Waals surface area contributed by atoms with Crippen LogP contribution in [-0.4, -0.2) is 31.1 Å². The molecule has 0 aliphatic heterocycles. The molecule has 0 saturated heterocycles. The first-order valence-corrected chi connectivity index (χ1v) is 11.6. The summed E-state index contributed by atoms with van der Waals surface area (Å²) in [6.45, 7) is 4.41. The first kappa shape index (κ1) is 19.3. The molecule has 0 radical (unpaired) electrons. The van der Waals surface area contributed by atoms with Crippen LogP contribution in [0.5, 0.6) is 0 Å². The number of nitrogens with zero attached hydrogens (tertiary/aromatic N) is 6. The molecule has 0 spiro atoms. The zero-order chi connectivity index (χ0) is 20.8. The van der Waals surface area contributed by atoms with Gasteiger partial charge < -0.3 is 0 Å². The Morgan fingerprint density at radius 1 is 1.27 bits per heavy atom. The van der Waals surface area contributed by atoms with Crippen LogP contribution in [0.1, 0.15) is 43.4 Å². The third-order valence-electron chi connectivity index (χ3n) is 6.48. The molecule has 5 rings (SSSR count). The average molecular weight is 416 g/mol. The molecule has 1 aromatic carbocycles. The zero-order valence-electron chi connectivity index (χ0n) is 17.7. The largest absolute Gasteiger partial charge is 0.275 e. The molecule has 0 bridgehead atoms. The van der Waals surface area contributed by atoms with Crippen molar-refractivity contribution < 1.29 is 0 Å². The second-order valence-electron chi connectivity index (χ2n) is 8.68. The number of aryl methyl sites for hydroxylation is 2. The van der Waals surface area contributed by atoms with Crippen molar-refractivity contribution in [3.05, 3.63) is 35.8 Å². The normalized spacial score (nSPS) is 19.0. The molecule has 1 aliphatic rings. The van der Waals surface area contributed by atoms with Crippen LogP contribution in [0.3, 0.4) is 0 Å². The van der Waals surface area contributed by atoms with E-state index in [4.69, 9.17) is 10.1 Å². The number of hydrogen-bond acceptors (Lipinski definition) is 5. The van der Waals surface area contributed by atoms with Crippen molar-refractivity contribution in [1.29, 1.82) is 5.26 Å². The topological polar surface area (TPSA) is 71.8 Å². The van der Waals surface area contributed by atoms with Gasteiger partial charge in [-0.1, -0.05) is 37.3 Å². The van der Waals surface area contributed by atoms with E-state index in [0.717, 1.165) is 56.8 Å². The fraction of sp³-hybridized carbons (Fsp3) is 0.455. The van der Waals surface area contributed by atoms with Crippen LogP contribution in [0.25, 0.3) is 26.4 Å². The van der Waals surface area contributed by atoms with Gasteiger partial charge in [-0.2, -0.15) is 10.2 Å². The first-order valence-electron chi connectivity index (χ1n) is 10.7. The predicted octanol–water partition coefficient (Wildman–Crippen LogP) is 5.11. The lowest BCUT2D eigenvalue weighted by Crippen LogP contribution is -2.12. The third-order valence-corrected chi connectivity index (χ3v) is 7.45. The molecule has 3 heterocycles. The van der Waals surface area contributed by atoms with E-state index in [1.165, 1.54) is 12.8 Å². The lowest BCUT2D eigenvalue weighted by Gasteiger charge is -2.10. The van der Waals surface area contributed by atoms with E-state index in [1.807, 2.05) is 16.2 Å². The molecule has 2 atom stereocenters. The quantitative estimate of drug-likeness (QED) is 0.424. The SMILES string of the molecule is CCB(C#N)CC1CC[C@@H](c2cn3nc(-c4cc(C)c5nn(C)cc5c4)sc3n2)C1.